The summed E-state index contributed by atoms with van der Waals surface area (Å²) in [4.78, 5) is 40.3. The van der Waals surface area contributed by atoms with Crippen LogP contribution in [0.2, 0.25) is 0 Å². The molecule has 1 atom stereocenters. The Labute approximate surface area is 157 Å². The molecule has 0 saturated carbocycles. The molecular formula is C20H20N4O3. The number of nitrogens with zero attached hydrogens (tertiary/aromatic N) is 2. The fourth-order valence-electron chi connectivity index (χ4n) is 3.72. The van der Waals surface area contributed by atoms with Gasteiger partial charge in [-0.1, -0.05) is 24.3 Å². The van der Waals surface area contributed by atoms with E-state index in [4.69, 9.17) is 0 Å². The number of amides is 5. The Balaban J connectivity index is 1.68. The van der Waals surface area contributed by atoms with Gasteiger partial charge < -0.3 is 10.6 Å². The fraction of sp³-hybridized carbons (Fsp3) is 0.250. The van der Waals surface area contributed by atoms with Crippen LogP contribution in [0.15, 0.2) is 42.5 Å². The van der Waals surface area contributed by atoms with Gasteiger partial charge in [0.2, 0.25) is 0 Å². The van der Waals surface area contributed by atoms with Crippen LogP contribution in [-0.4, -0.2) is 31.1 Å². The standard InChI is InChI=1S/C20H20N4O3/c1-12-5-3-6-13(2)16(12)17-18(25)24(20(27)22-17)15-8-4-7-14(11-15)23-10-9-21-19(23)26/h3-8,11,17H,9-10H2,1-2H3,(H,21,26)(H,22,27). The first-order chi connectivity index (χ1) is 13.0. The second kappa shape index (κ2) is 6.42. The van der Waals surface area contributed by atoms with Crippen LogP contribution in [0, 0.1) is 13.8 Å². The average Bonchev–Trinajstić information content (AvgIpc) is 3.18. The van der Waals surface area contributed by atoms with E-state index in [9.17, 15) is 14.4 Å². The fourth-order valence-corrected chi connectivity index (χ4v) is 3.72. The number of hydrogen-bond donors (Lipinski definition) is 2. The van der Waals surface area contributed by atoms with Crippen LogP contribution in [-0.2, 0) is 4.79 Å². The maximum absolute atomic E-state index is 13.1. The Morgan fingerprint density at radius 3 is 2.26 bits per heavy atom. The Morgan fingerprint density at radius 2 is 1.59 bits per heavy atom. The van der Waals surface area contributed by atoms with Crippen LogP contribution >= 0.6 is 0 Å². The SMILES string of the molecule is Cc1cccc(C)c1C1NC(=O)N(c2cccc(N3CCNC3=O)c2)C1=O. The third-order valence-corrected chi connectivity index (χ3v) is 5.03. The zero-order valence-corrected chi connectivity index (χ0v) is 15.2. The van der Waals surface area contributed by atoms with Gasteiger partial charge in [-0.25, -0.2) is 14.5 Å². The summed E-state index contributed by atoms with van der Waals surface area (Å²) in [6, 6.07) is 11.3. The molecular weight excluding hydrogens is 344 g/mol. The number of carbonyl (C=O) groups excluding carboxylic acids is 3. The zero-order chi connectivity index (χ0) is 19.1. The molecule has 2 aliphatic heterocycles. The summed E-state index contributed by atoms with van der Waals surface area (Å²) >= 11 is 0. The summed E-state index contributed by atoms with van der Waals surface area (Å²) in [5.74, 6) is -0.319. The van der Waals surface area contributed by atoms with E-state index in [2.05, 4.69) is 10.6 Å². The summed E-state index contributed by atoms with van der Waals surface area (Å²) in [6.07, 6.45) is 0. The van der Waals surface area contributed by atoms with Gasteiger partial charge in [-0.05, 0) is 48.7 Å². The van der Waals surface area contributed by atoms with Gasteiger partial charge in [0.1, 0.15) is 6.04 Å². The monoisotopic (exact) mass is 364 g/mol. The highest BCUT2D eigenvalue weighted by atomic mass is 16.2. The largest absolute Gasteiger partial charge is 0.336 e. The van der Waals surface area contributed by atoms with Crippen LogP contribution < -0.4 is 20.4 Å². The molecule has 4 rings (SSSR count). The molecule has 0 aliphatic carbocycles. The van der Waals surface area contributed by atoms with E-state index in [1.54, 1.807) is 29.2 Å². The first-order valence-corrected chi connectivity index (χ1v) is 8.83. The highest BCUT2D eigenvalue weighted by Crippen LogP contribution is 2.32. The van der Waals surface area contributed by atoms with Gasteiger partial charge in [-0.3, -0.25) is 9.69 Å². The van der Waals surface area contributed by atoms with Crippen LogP contribution in [0.3, 0.4) is 0 Å². The number of hydrogen-bond acceptors (Lipinski definition) is 3. The molecule has 5 amide bonds. The van der Waals surface area contributed by atoms with Crippen LogP contribution in [0.1, 0.15) is 22.7 Å². The number of benzene rings is 2. The summed E-state index contributed by atoms with van der Waals surface area (Å²) in [5, 5.41) is 5.54. The first-order valence-electron chi connectivity index (χ1n) is 8.83. The number of urea groups is 2. The number of anilines is 2. The van der Waals surface area contributed by atoms with Crippen molar-refractivity contribution in [2.45, 2.75) is 19.9 Å². The van der Waals surface area contributed by atoms with Crippen molar-refractivity contribution < 1.29 is 14.4 Å². The number of carbonyl (C=O) groups is 3. The molecule has 7 nitrogen and oxygen atoms in total. The van der Waals surface area contributed by atoms with Crippen molar-refractivity contribution in [1.29, 1.82) is 0 Å². The molecule has 0 bridgehead atoms. The Kier molecular flexibility index (Phi) is 4.07. The first kappa shape index (κ1) is 17.1. The number of imide groups is 1. The second-order valence-corrected chi connectivity index (χ2v) is 6.77. The highest BCUT2D eigenvalue weighted by Gasteiger charge is 2.41. The Hall–Kier alpha value is -3.35. The molecule has 7 heteroatoms. The Bertz CT molecular complexity index is 936. The number of rotatable bonds is 3. The summed E-state index contributed by atoms with van der Waals surface area (Å²) < 4.78 is 0. The van der Waals surface area contributed by atoms with E-state index in [-0.39, 0.29) is 11.9 Å². The van der Waals surface area contributed by atoms with E-state index in [1.807, 2.05) is 32.0 Å². The summed E-state index contributed by atoms with van der Waals surface area (Å²) in [7, 11) is 0. The van der Waals surface area contributed by atoms with Gasteiger partial charge >= 0.3 is 12.1 Å². The predicted molar refractivity (Wildman–Crippen MR) is 102 cm³/mol. The van der Waals surface area contributed by atoms with E-state index < -0.39 is 12.1 Å². The minimum Gasteiger partial charge on any atom is -0.336 e. The quantitative estimate of drug-likeness (QED) is 0.822. The van der Waals surface area contributed by atoms with Gasteiger partial charge in [0.05, 0.1) is 5.69 Å². The third-order valence-electron chi connectivity index (χ3n) is 5.03. The van der Waals surface area contributed by atoms with Gasteiger partial charge in [0.15, 0.2) is 0 Å². The van der Waals surface area contributed by atoms with Gasteiger partial charge in [0, 0.05) is 18.8 Å². The molecule has 1 unspecified atom stereocenters. The normalized spacial score (nSPS) is 19.5. The summed E-state index contributed by atoms with van der Waals surface area (Å²) in [6.45, 7) is 4.97. The third kappa shape index (κ3) is 2.81. The van der Waals surface area contributed by atoms with E-state index in [1.165, 1.54) is 0 Å². The van der Waals surface area contributed by atoms with Gasteiger partial charge in [-0.15, -0.1) is 0 Å². The molecule has 2 saturated heterocycles. The van der Waals surface area contributed by atoms with Gasteiger partial charge in [0.25, 0.3) is 5.91 Å². The molecule has 2 N–H and O–H groups in total. The Morgan fingerprint density at radius 1 is 0.926 bits per heavy atom. The van der Waals surface area contributed by atoms with Crippen molar-refractivity contribution in [2.75, 3.05) is 22.9 Å². The van der Waals surface area contributed by atoms with Crippen molar-refractivity contribution in [3.05, 3.63) is 59.2 Å². The molecule has 0 spiro atoms. The van der Waals surface area contributed by atoms with Crippen LogP contribution in [0.5, 0.6) is 0 Å². The van der Waals surface area contributed by atoms with E-state index in [0.29, 0.717) is 24.5 Å². The van der Waals surface area contributed by atoms with Crippen LogP contribution in [0.25, 0.3) is 0 Å². The molecule has 2 fully saturated rings. The molecule has 138 valence electrons. The van der Waals surface area contributed by atoms with Crippen molar-refractivity contribution in [1.82, 2.24) is 10.6 Å². The van der Waals surface area contributed by atoms with Crippen molar-refractivity contribution >= 4 is 29.3 Å². The van der Waals surface area contributed by atoms with Crippen molar-refractivity contribution in [2.24, 2.45) is 0 Å². The molecule has 2 heterocycles. The molecule has 0 radical (unpaired) electrons. The zero-order valence-electron chi connectivity index (χ0n) is 15.2. The smallest absolute Gasteiger partial charge is 0.329 e. The minimum absolute atomic E-state index is 0.183. The maximum atomic E-state index is 13.1. The van der Waals surface area contributed by atoms with Gasteiger partial charge in [-0.2, -0.15) is 0 Å². The average molecular weight is 364 g/mol. The number of aryl methyl sites for hydroxylation is 2. The number of nitrogens with one attached hydrogen (secondary N) is 2. The minimum atomic E-state index is -0.711. The lowest BCUT2D eigenvalue weighted by Gasteiger charge is -2.19. The lowest BCUT2D eigenvalue weighted by atomic mass is 9.96. The second-order valence-electron chi connectivity index (χ2n) is 6.77. The van der Waals surface area contributed by atoms with E-state index >= 15 is 0 Å². The van der Waals surface area contributed by atoms with Crippen LogP contribution in [0.4, 0.5) is 21.0 Å². The molecule has 2 aromatic rings. The molecule has 2 aliphatic rings. The lowest BCUT2D eigenvalue weighted by molar-refractivity contribution is -0.118. The molecule has 2 aromatic carbocycles. The maximum Gasteiger partial charge on any atom is 0.329 e. The molecule has 27 heavy (non-hydrogen) atoms. The highest BCUT2D eigenvalue weighted by molar-refractivity contribution is 6.21. The molecule has 0 aromatic heterocycles. The van der Waals surface area contributed by atoms with Crippen molar-refractivity contribution in [3.63, 3.8) is 0 Å². The predicted octanol–water partition coefficient (Wildman–Crippen LogP) is 2.63. The van der Waals surface area contributed by atoms with Crippen molar-refractivity contribution in [3.8, 4) is 0 Å². The topological polar surface area (TPSA) is 81.8 Å². The summed E-state index contributed by atoms with van der Waals surface area (Å²) in [5.41, 5.74) is 3.84. The lowest BCUT2D eigenvalue weighted by Crippen LogP contribution is -2.31. The van der Waals surface area contributed by atoms with E-state index in [0.717, 1.165) is 21.6 Å².